The highest BCUT2D eigenvalue weighted by Gasteiger charge is 2.49. The van der Waals surface area contributed by atoms with Gasteiger partial charge in [-0.25, -0.2) is 9.18 Å². The topological polar surface area (TPSA) is 81.8 Å². The Kier molecular flexibility index (Phi) is 5.81. The van der Waals surface area contributed by atoms with E-state index in [4.69, 9.17) is 0 Å². The fraction of sp³-hybridized carbons (Fsp3) is 0.409. The summed E-state index contributed by atoms with van der Waals surface area (Å²) in [6.45, 7) is 5.47. The van der Waals surface area contributed by atoms with Crippen LogP contribution >= 0.6 is 11.3 Å². The molecule has 31 heavy (non-hydrogen) atoms. The van der Waals surface area contributed by atoms with Gasteiger partial charge in [0.2, 0.25) is 5.91 Å². The third kappa shape index (κ3) is 4.20. The fourth-order valence-corrected chi connectivity index (χ4v) is 4.95. The Hall–Kier alpha value is -2.78. The predicted molar refractivity (Wildman–Crippen MR) is 115 cm³/mol. The largest absolute Gasteiger partial charge is 0.353 e. The second-order valence-corrected chi connectivity index (χ2v) is 9.20. The zero-order valence-corrected chi connectivity index (χ0v) is 18.3. The molecule has 9 heteroatoms. The van der Waals surface area contributed by atoms with Gasteiger partial charge in [0, 0.05) is 30.6 Å². The normalized spacial score (nSPS) is 22.2. The molecule has 1 aromatic heterocycles. The van der Waals surface area contributed by atoms with E-state index in [0.717, 1.165) is 24.4 Å². The summed E-state index contributed by atoms with van der Waals surface area (Å²) >= 11 is 1.78. The molecule has 3 heterocycles. The third-order valence-corrected chi connectivity index (χ3v) is 7.08. The van der Waals surface area contributed by atoms with Gasteiger partial charge in [-0.1, -0.05) is 12.1 Å². The van der Waals surface area contributed by atoms with E-state index >= 15 is 0 Å². The molecule has 4 rings (SSSR count). The molecule has 0 radical (unpaired) electrons. The fourth-order valence-electron chi connectivity index (χ4n) is 4.06. The summed E-state index contributed by atoms with van der Waals surface area (Å²) in [6.07, 6.45) is 1.01. The first kappa shape index (κ1) is 21.5. The van der Waals surface area contributed by atoms with Gasteiger partial charge in [-0.05, 0) is 55.0 Å². The summed E-state index contributed by atoms with van der Waals surface area (Å²) in [7, 11) is 0. The van der Waals surface area contributed by atoms with Crippen molar-refractivity contribution < 1.29 is 18.8 Å². The maximum absolute atomic E-state index is 13.2. The average molecular weight is 445 g/mol. The maximum atomic E-state index is 13.2. The lowest BCUT2D eigenvalue weighted by Gasteiger charge is -2.32. The van der Waals surface area contributed by atoms with Crippen LogP contribution in [0.4, 0.5) is 9.18 Å². The highest BCUT2D eigenvalue weighted by Crippen LogP contribution is 2.29. The molecule has 2 N–H and O–H groups in total. The number of rotatable bonds is 6. The van der Waals surface area contributed by atoms with Crippen molar-refractivity contribution in [2.75, 3.05) is 19.6 Å². The van der Waals surface area contributed by atoms with Crippen molar-refractivity contribution in [1.29, 1.82) is 0 Å². The molecule has 1 saturated heterocycles. The zero-order chi connectivity index (χ0) is 22.2. The number of amides is 4. The minimum absolute atomic E-state index is 0.129. The van der Waals surface area contributed by atoms with Crippen molar-refractivity contribution >= 4 is 29.2 Å². The van der Waals surface area contributed by atoms with E-state index in [-0.39, 0.29) is 12.6 Å². The number of benzene rings is 1. The van der Waals surface area contributed by atoms with Gasteiger partial charge in [0.1, 0.15) is 17.9 Å². The summed E-state index contributed by atoms with van der Waals surface area (Å²) < 4.78 is 13.2. The van der Waals surface area contributed by atoms with E-state index in [1.54, 1.807) is 18.3 Å². The van der Waals surface area contributed by atoms with E-state index in [0.29, 0.717) is 12.1 Å². The second-order valence-electron chi connectivity index (χ2n) is 8.20. The predicted octanol–water partition coefficient (Wildman–Crippen LogP) is 2.22. The molecule has 164 valence electrons. The third-order valence-electron chi connectivity index (χ3n) is 6.05. The minimum atomic E-state index is -1.33. The lowest BCUT2D eigenvalue weighted by molar-refractivity contribution is -0.134. The lowest BCUT2D eigenvalue weighted by Crippen LogP contribution is -2.47. The van der Waals surface area contributed by atoms with Crippen LogP contribution in [0.3, 0.4) is 0 Å². The highest BCUT2D eigenvalue weighted by atomic mass is 32.1. The van der Waals surface area contributed by atoms with Crippen LogP contribution in [0.1, 0.15) is 29.9 Å². The van der Waals surface area contributed by atoms with Gasteiger partial charge in [0.15, 0.2) is 0 Å². The van der Waals surface area contributed by atoms with Crippen LogP contribution in [0.15, 0.2) is 35.7 Å². The van der Waals surface area contributed by atoms with Crippen LogP contribution in [0.5, 0.6) is 0 Å². The molecule has 2 atom stereocenters. The van der Waals surface area contributed by atoms with Crippen molar-refractivity contribution in [1.82, 2.24) is 20.4 Å². The Morgan fingerprint density at radius 3 is 2.77 bits per heavy atom. The van der Waals surface area contributed by atoms with E-state index in [2.05, 4.69) is 33.9 Å². The molecule has 0 aliphatic carbocycles. The number of urea groups is 1. The van der Waals surface area contributed by atoms with Gasteiger partial charge in [-0.2, -0.15) is 0 Å². The molecule has 0 bridgehead atoms. The molecular formula is C22H25FN4O3S. The van der Waals surface area contributed by atoms with Crippen LogP contribution < -0.4 is 10.6 Å². The molecule has 0 unspecified atom stereocenters. The Morgan fingerprint density at radius 2 is 2.03 bits per heavy atom. The molecular weight excluding hydrogens is 419 g/mol. The number of thiophene rings is 1. The summed E-state index contributed by atoms with van der Waals surface area (Å²) in [6, 6.07) is 7.01. The number of imide groups is 1. The molecule has 7 nitrogen and oxygen atoms in total. The number of nitrogens with one attached hydrogen (secondary N) is 2. The average Bonchev–Trinajstić information content (AvgIpc) is 3.30. The SMILES string of the molecule is C[C@H](CNC(=O)CN1C(=O)N[C@@](C)(c2ccc(F)cc2)C1=O)N1CCc2sccc2C1. The van der Waals surface area contributed by atoms with Crippen LogP contribution in [-0.4, -0.2) is 53.3 Å². The molecule has 4 amide bonds. The Bertz CT molecular complexity index is 1010. The number of carbonyl (C=O) groups is 3. The monoisotopic (exact) mass is 444 g/mol. The van der Waals surface area contributed by atoms with Crippen molar-refractivity contribution in [3.8, 4) is 0 Å². The van der Waals surface area contributed by atoms with Crippen molar-refractivity contribution in [2.45, 2.75) is 38.4 Å². The molecule has 0 saturated carbocycles. The molecule has 0 spiro atoms. The van der Waals surface area contributed by atoms with Crippen molar-refractivity contribution in [3.05, 3.63) is 57.5 Å². The number of hydrogen-bond donors (Lipinski definition) is 2. The lowest BCUT2D eigenvalue weighted by atomic mass is 9.92. The smallest absolute Gasteiger partial charge is 0.325 e. The van der Waals surface area contributed by atoms with Crippen molar-refractivity contribution in [2.24, 2.45) is 0 Å². The number of hydrogen-bond acceptors (Lipinski definition) is 5. The van der Waals surface area contributed by atoms with E-state index < -0.39 is 29.2 Å². The van der Waals surface area contributed by atoms with Crippen LogP contribution in [0, 0.1) is 5.82 Å². The van der Waals surface area contributed by atoms with E-state index in [1.807, 2.05) is 0 Å². The Labute approximate surface area is 184 Å². The maximum Gasteiger partial charge on any atom is 0.325 e. The second kappa shape index (κ2) is 8.39. The van der Waals surface area contributed by atoms with Crippen LogP contribution in [0.25, 0.3) is 0 Å². The summed E-state index contributed by atoms with van der Waals surface area (Å²) in [4.78, 5) is 42.4. The molecule has 1 aromatic carbocycles. The number of nitrogens with zero attached hydrogens (tertiary/aromatic N) is 2. The summed E-state index contributed by atoms with van der Waals surface area (Å²) in [5, 5.41) is 7.57. The zero-order valence-electron chi connectivity index (χ0n) is 17.5. The van der Waals surface area contributed by atoms with Gasteiger partial charge >= 0.3 is 6.03 Å². The van der Waals surface area contributed by atoms with Gasteiger partial charge in [-0.3, -0.25) is 19.4 Å². The summed E-state index contributed by atoms with van der Waals surface area (Å²) in [5.74, 6) is -1.36. The molecule has 1 fully saturated rings. The highest BCUT2D eigenvalue weighted by molar-refractivity contribution is 7.10. The number of carbonyl (C=O) groups excluding carboxylic acids is 3. The summed E-state index contributed by atoms with van der Waals surface area (Å²) in [5.41, 5.74) is 0.472. The Balaban J connectivity index is 1.32. The minimum Gasteiger partial charge on any atom is -0.353 e. The first-order valence-corrected chi connectivity index (χ1v) is 11.1. The number of halogens is 1. The van der Waals surface area contributed by atoms with E-state index in [1.165, 1.54) is 34.7 Å². The van der Waals surface area contributed by atoms with Gasteiger partial charge in [-0.15, -0.1) is 11.3 Å². The van der Waals surface area contributed by atoms with Gasteiger partial charge < -0.3 is 10.6 Å². The molecule has 2 aliphatic rings. The van der Waals surface area contributed by atoms with Crippen molar-refractivity contribution in [3.63, 3.8) is 0 Å². The first-order chi connectivity index (χ1) is 14.8. The van der Waals surface area contributed by atoms with Crippen LogP contribution in [-0.2, 0) is 28.1 Å². The standard InChI is InChI=1S/C22H25FN4O3S/c1-14(26-9-7-18-15(12-26)8-10-31-18)11-24-19(28)13-27-20(29)22(2,25-21(27)30)16-3-5-17(23)6-4-16/h3-6,8,10,14H,7,9,11-13H2,1-2H3,(H,24,28)(H,25,30)/t14-,22+/m1/s1. The van der Waals surface area contributed by atoms with Gasteiger partial charge in [0.05, 0.1) is 0 Å². The Morgan fingerprint density at radius 1 is 1.29 bits per heavy atom. The number of fused-ring (bicyclic) bond motifs is 1. The quantitative estimate of drug-likeness (QED) is 0.670. The van der Waals surface area contributed by atoms with E-state index in [9.17, 15) is 18.8 Å². The van der Waals surface area contributed by atoms with Gasteiger partial charge in [0.25, 0.3) is 5.91 Å². The first-order valence-electron chi connectivity index (χ1n) is 10.2. The van der Waals surface area contributed by atoms with Crippen LogP contribution in [0.2, 0.25) is 0 Å². The molecule has 2 aliphatic heterocycles. The molecule has 2 aromatic rings.